The molecule has 0 saturated carbocycles. The van der Waals surface area contributed by atoms with E-state index in [2.05, 4.69) is 5.32 Å². The fraction of sp³-hybridized carbons (Fsp3) is 0.600. The maximum absolute atomic E-state index is 13.0. The summed E-state index contributed by atoms with van der Waals surface area (Å²) in [6, 6.07) is 3.22. The average Bonchev–Trinajstić information content (AvgIpc) is 2.38. The summed E-state index contributed by atoms with van der Waals surface area (Å²) in [6.07, 6.45) is -3.78. The quantitative estimate of drug-likeness (QED) is 0.794. The van der Waals surface area contributed by atoms with Gasteiger partial charge in [-0.1, -0.05) is 33.8 Å². The zero-order valence-corrected chi connectivity index (χ0v) is 12.0. The molecule has 1 aromatic carbocycles. The standard InChI is InChI=1S/C13H16F3N.C2H6/c1-8(2)9-5-10-7-17-4-3-11(10)12(6-9)13(14,15)16;1-2/h5-6,8,17H,3-4,7H2,1-2H3;1-2H3. The van der Waals surface area contributed by atoms with Crippen LogP contribution in [0.15, 0.2) is 12.1 Å². The molecule has 108 valence electrons. The molecular formula is C15H22F3N. The fourth-order valence-electron chi connectivity index (χ4n) is 2.23. The van der Waals surface area contributed by atoms with Gasteiger partial charge < -0.3 is 5.32 Å². The topological polar surface area (TPSA) is 12.0 Å². The second kappa shape index (κ2) is 6.42. The third-order valence-electron chi connectivity index (χ3n) is 3.20. The van der Waals surface area contributed by atoms with Crippen LogP contribution < -0.4 is 5.32 Å². The van der Waals surface area contributed by atoms with E-state index >= 15 is 0 Å². The number of rotatable bonds is 1. The van der Waals surface area contributed by atoms with E-state index in [1.165, 1.54) is 6.07 Å². The van der Waals surface area contributed by atoms with E-state index in [1.54, 1.807) is 0 Å². The lowest BCUT2D eigenvalue weighted by Crippen LogP contribution is -2.26. The summed E-state index contributed by atoms with van der Waals surface area (Å²) in [4.78, 5) is 0. The third kappa shape index (κ3) is 3.72. The fourth-order valence-corrected chi connectivity index (χ4v) is 2.23. The largest absolute Gasteiger partial charge is 0.416 e. The minimum atomic E-state index is -4.24. The first-order valence-corrected chi connectivity index (χ1v) is 6.83. The molecule has 1 nitrogen and oxygen atoms in total. The van der Waals surface area contributed by atoms with Crippen LogP contribution in [-0.2, 0) is 19.1 Å². The molecule has 19 heavy (non-hydrogen) atoms. The van der Waals surface area contributed by atoms with E-state index in [1.807, 2.05) is 33.8 Å². The predicted molar refractivity (Wildman–Crippen MR) is 72.3 cm³/mol. The van der Waals surface area contributed by atoms with Crippen LogP contribution >= 0.6 is 0 Å². The van der Waals surface area contributed by atoms with Crippen LogP contribution in [0.25, 0.3) is 0 Å². The van der Waals surface area contributed by atoms with Gasteiger partial charge >= 0.3 is 6.18 Å². The van der Waals surface area contributed by atoms with E-state index < -0.39 is 11.7 Å². The van der Waals surface area contributed by atoms with Gasteiger partial charge in [0.05, 0.1) is 5.56 Å². The highest BCUT2D eigenvalue weighted by Crippen LogP contribution is 2.36. The van der Waals surface area contributed by atoms with E-state index in [-0.39, 0.29) is 5.92 Å². The minimum absolute atomic E-state index is 0.114. The lowest BCUT2D eigenvalue weighted by Gasteiger charge is -2.24. The molecule has 1 N–H and O–H groups in total. The Bertz CT molecular complexity index is 422. The number of alkyl halides is 3. The molecule has 4 heteroatoms. The highest BCUT2D eigenvalue weighted by molar-refractivity contribution is 5.43. The molecule has 1 heterocycles. The Balaban J connectivity index is 0.000000861. The Morgan fingerprint density at radius 2 is 1.79 bits per heavy atom. The maximum atomic E-state index is 13.0. The summed E-state index contributed by atoms with van der Waals surface area (Å²) in [5.74, 6) is 0.114. The Hall–Kier alpha value is -1.03. The van der Waals surface area contributed by atoms with Crippen molar-refractivity contribution >= 4 is 0 Å². The van der Waals surface area contributed by atoms with Crippen molar-refractivity contribution in [2.24, 2.45) is 0 Å². The molecule has 0 atom stereocenters. The van der Waals surface area contributed by atoms with Crippen LogP contribution in [0.4, 0.5) is 13.2 Å². The van der Waals surface area contributed by atoms with Crippen molar-refractivity contribution in [3.63, 3.8) is 0 Å². The summed E-state index contributed by atoms with van der Waals surface area (Å²) in [5, 5.41) is 3.12. The van der Waals surface area contributed by atoms with Crippen molar-refractivity contribution in [1.29, 1.82) is 0 Å². The van der Waals surface area contributed by atoms with E-state index in [4.69, 9.17) is 0 Å². The van der Waals surface area contributed by atoms with E-state index in [9.17, 15) is 13.2 Å². The number of nitrogens with one attached hydrogen (secondary N) is 1. The first-order chi connectivity index (χ1) is 8.89. The van der Waals surface area contributed by atoms with Gasteiger partial charge in [0.2, 0.25) is 0 Å². The molecule has 1 aliphatic heterocycles. The van der Waals surface area contributed by atoms with Gasteiger partial charge in [-0.05, 0) is 41.6 Å². The van der Waals surface area contributed by atoms with Crippen LogP contribution in [0, 0.1) is 0 Å². The van der Waals surface area contributed by atoms with E-state index in [0.717, 1.165) is 11.1 Å². The van der Waals surface area contributed by atoms with Gasteiger partial charge in [0.25, 0.3) is 0 Å². The Labute approximate surface area is 113 Å². The predicted octanol–water partition coefficient (Wildman–Crippen LogP) is 4.50. The van der Waals surface area contributed by atoms with Gasteiger partial charge in [-0.2, -0.15) is 13.2 Å². The summed E-state index contributed by atoms with van der Waals surface area (Å²) >= 11 is 0. The first-order valence-electron chi connectivity index (χ1n) is 6.83. The lowest BCUT2D eigenvalue weighted by atomic mass is 9.89. The smallest absolute Gasteiger partial charge is 0.312 e. The molecule has 0 aromatic heterocycles. The van der Waals surface area contributed by atoms with Crippen LogP contribution in [0.1, 0.15) is 55.9 Å². The van der Waals surface area contributed by atoms with Crippen LogP contribution in [0.5, 0.6) is 0 Å². The second-order valence-corrected chi connectivity index (χ2v) is 4.79. The Kier molecular flexibility index (Phi) is 5.41. The van der Waals surface area contributed by atoms with Crippen molar-refractivity contribution in [3.8, 4) is 0 Å². The van der Waals surface area contributed by atoms with Crippen molar-refractivity contribution < 1.29 is 13.2 Å². The number of halogens is 3. The summed E-state index contributed by atoms with van der Waals surface area (Å²) in [7, 11) is 0. The molecule has 1 aliphatic rings. The van der Waals surface area contributed by atoms with Crippen molar-refractivity contribution in [1.82, 2.24) is 5.32 Å². The zero-order chi connectivity index (χ0) is 14.6. The molecule has 0 radical (unpaired) electrons. The van der Waals surface area contributed by atoms with E-state index in [0.29, 0.717) is 25.1 Å². The molecule has 0 spiro atoms. The van der Waals surface area contributed by atoms with Crippen LogP contribution in [0.2, 0.25) is 0 Å². The van der Waals surface area contributed by atoms with Gasteiger partial charge in [0.1, 0.15) is 0 Å². The van der Waals surface area contributed by atoms with Crippen LogP contribution in [-0.4, -0.2) is 6.54 Å². The third-order valence-corrected chi connectivity index (χ3v) is 3.20. The highest BCUT2D eigenvalue weighted by Gasteiger charge is 2.35. The van der Waals surface area contributed by atoms with Gasteiger partial charge in [0.15, 0.2) is 0 Å². The molecule has 0 amide bonds. The van der Waals surface area contributed by atoms with Gasteiger partial charge in [-0.3, -0.25) is 0 Å². The summed E-state index contributed by atoms with van der Waals surface area (Å²) in [5.41, 5.74) is 1.59. The molecule has 0 bridgehead atoms. The second-order valence-electron chi connectivity index (χ2n) is 4.79. The van der Waals surface area contributed by atoms with Crippen molar-refractivity contribution in [2.45, 2.75) is 52.8 Å². The van der Waals surface area contributed by atoms with Crippen molar-refractivity contribution in [3.05, 3.63) is 34.4 Å². The maximum Gasteiger partial charge on any atom is 0.416 e. The van der Waals surface area contributed by atoms with Gasteiger partial charge in [-0.15, -0.1) is 0 Å². The molecule has 0 unspecified atom stereocenters. The van der Waals surface area contributed by atoms with Crippen LogP contribution in [0.3, 0.4) is 0 Å². The normalized spacial score (nSPS) is 14.7. The number of benzene rings is 1. The monoisotopic (exact) mass is 273 g/mol. The molecule has 0 saturated heterocycles. The van der Waals surface area contributed by atoms with Gasteiger partial charge in [-0.25, -0.2) is 0 Å². The first kappa shape index (κ1) is 16.0. The highest BCUT2D eigenvalue weighted by atomic mass is 19.4. The Morgan fingerprint density at radius 1 is 1.16 bits per heavy atom. The minimum Gasteiger partial charge on any atom is -0.312 e. The molecular weight excluding hydrogens is 251 g/mol. The van der Waals surface area contributed by atoms with Crippen molar-refractivity contribution in [2.75, 3.05) is 6.54 Å². The lowest BCUT2D eigenvalue weighted by molar-refractivity contribution is -0.138. The average molecular weight is 273 g/mol. The number of fused-ring (bicyclic) bond motifs is 1. The zero-order valence-electron chi connectivity index (χ0n) is 12.0. The number of hydrogen-bond acceptors (Lipinski definition) is 1. The van der Waals surface area contributed by atoms with Gasteiger partial charge in [0, 0.05) is 6.54 Å². The molecule has 0 fully saturated rings. The number of hydrogen-bond donors (Lipinski definition) is 1. The molecule has 0 aliphatic carbocycles. The Morgan fingerprint density at radius 3 is 2.32 bits per heavy atom. The SMILES string of the molecule is CC.CC(C)c1cc2c(c(C(F)(F)F)c1)CCNC2. The summed E-state index contributed by atoms with van der Waals surface area (Å²) < 4.78 is 39.0. The summed E-state index contributed by atoms with van der Waals surface area (Å²) in [6.45, 7) is 8.99. The molecule has 2 rings (SSSR count). The molecule has 1 aromatic rings.